The van der Waals surface area contributed by atoms with Crippen LogP contribution in [0.4, 0.5) is 4.79 Å². The first-order chi connectivity index (χ1) is 8.70. The molecule has 1 atom stereocenters. The molecule has 0 saturated carbocycles. The molecule has 1 fully saturated rings. The van der Waals surface area contributed by atoms with Crippen molar-refractivity contribution in [2.45, 2.75) is 25.9 Å². The van der Waals surface area contributed by atoms with Crippen LogP contribution in [0.25, 0.3) is 0 Å². The quantitative estimate of drug-likeness (QED) is 0.826. The Hall–Kier alpha value is -1.71. The van der Waals surface area contributed by atoms with Gasteiger partial charge in [0, 0.05) is 13.1 Å². The van der Waals surface area contributed by atoms with E-state index >= 15 is 0 Å². The zero-order valence-electron chi connectivity index (χ0n) is 10.9. The largest absolute Gasteiger partial charge is 0.497 e. The maximum Gasteiger partial charge on any atom is 0.410 e. The standard InChI is InChI=1S/C14H19NO3/c1-11(12-5-7-13(17-2)8-6-12)18-14(16)15-9-3-4-10-15/h5-8,11H,3-4,9-10H2,1-2H3. The Labute approximate surface area is 107 Å². The highest BCUT2D eigenvalue weighted by Gasteiger charge is 2.21. The Balaban J connectivity index is 1.93. The molecule has 1 heterocycles. The summed E-state index contributed by atoms with van der Waals surface area (Å²) in [5, 5.41) is 0. The van der Waals surface area contributed by atoms with Crippen molar-refractivity contribution in [3.05, 3.63) is 29.8 Å². The maximum atomic E-state index is 11.8. The lowest BCUT2D eigenvalue weighted by Gasteiger charge is -2.19. The van der Waals surface area contributed by atoms with E-state index < -0.39 is 0 Å². The molecule has 98 valence electrons. The van der Waals surface area contributed by atoms with Crippen LogP contribution in [0.3, 0.4) is 0 Å². The molecule has 0 aliphatic carbocycles. The fourth-order valence-corrected chi connectivity index (χ4v) is 2.07. The van der Waals surface area contributed by atoms with Gasteiger partial charge in [0.05, 0.1) is 7.11 Å². The number of nitrogens with zero attached hydrogens (tertiary/aromatic N) is 1. The summed E-state index contributed by atoms with van der Waals surface area (Å²) in [4.78, 5) is 13.6. The molecule has 18 heavy (non-hydrogen) atoms. The fraction of sp³-hybridized carbons (Fsp3) is 0.500. The maximum absolute atomic E-state index is 11.8. The number of likely N-dealkylation sites (tertiary alicyclic amines) is 1. The lowest BCUT2D eigenvalue weighted by atomic mass is 10.1. The van der Waals surface area contributed by atoms with E-state index in [2.05, 4.69) is 0 Å². The molecule has 0 spiro atoms. The monoisotopic (exact) mass is 249 g/mol. The van der Waals surface area contributed by atoms with E-state index in [1.165, 1.54) is 0 Å². The van der Waals surface area contributed by atoms with Gasteiger partial charge >= 0.3 is 6.09 Å². The third kappa shape index (κ3) is 2.94. The van der Waals surface area contributed by atoms with Crippen LogP contribution >= 0.6 is 0 Å². The van der Waals surface area contributed by atoms with Gasteiger partial charge in [-0.05, 0) is 37.5 Å². The molecular weight excluding hydrogens is 230 g/mol. The minimum Gasteiger partial charge on any atom is -0.497 e. The molecule has 1 unspecified atom stereocenters. The Kier molecular flexibility index (Phi) is 4.07. The van der Waals surface area contributed by atoms with Crippen molar-refractivity contribution in [1.29, 1.82) is 0 Å². The zero-order chi connectivity index (χ0) is 13.0. The topological polar surface area (TPSA) is 38.8 Å². The zero-order valence-corrected chi connectivity index (χ0v) is 10.9. The molecule has 0 radical (unpaired) electrons. The van der Waals surface area contributed by atoms with Crippen molar-refractivity contribution >= 4 is 6.09 Å². The van der Waals surface area contributed by atoms with Crippen LogP contribution in [0, 0.1) is 0 Å². The summed E-state index contributed by atoms with van der Waals surface area (Å²) in [7, 11) is 1.63. The third-order valence-electron chi connectivity index (χ3n) is 3.23. The number of hydrogen-bond donors (Lipinski definition) is 0. The molecule has 1 aromatic carbocycles. The van der Waals surface area contributed by atoms with Crippen molar-refractivity contribution in [2.75, 3.05) is 20.2 Å². The summed E-state index contributed by atoms with van der Waals surface area (Å²) in [5.74, 6) is 0.803. The van der Waals surface area contributed by atoms with E-state index in [1.807, 2.05) is 31.2 Å². The minimum atomic E-state index is -0.232. The number of amides is 1. The highest BCUT2D eigenvalue weighted by Crippen LogP contribution is 2.21. The van der Waals surface area contributed by atoms with Gasteiger partial charge in [-0.15, -0.1) is 0 Å². The van der Waals surface area contributed by atoms with E-state index in [4.69, 9.17) is 9.47 Å². The molecule has 1 amide bonds. The number of ether oxygens (including phenoxy) is 2. The second kappa shape index (κ2) is 5.76. The van der Waals surface area contributed by atoms with Crippen molar-refractivity contribution < 1.29 is 14.3 Å². The highest BCUT2D eigenvalue weighted by molar-refractivity contribution is 5.68. The molecule has 1 saturated heterocycles. The summed E-state index contributed by atoms with van der Waals surface area (Å²) in [5.41, 5.74) is 0.975. The molecule has 2 rings (SSSR count). The normalized spacial score (nSPS) is 16.4. The summed E-state index contributed by atoms with van der Waals surface area (Å²) >= 11 is 0. The van der Waals surface area contributed by atoms with Crippen molar-refractivity contribution in [3.63, 3.8) is 0 Å². The molecule has 0 aromatic heterocycles. The molecule has 1 aliphatic rings. The molecule has 4 heteroatoms. The molecule has 1 aliphatic heterocycles. The summed E-state index contributed by atoms with van der Waals surface area (Å²) in [6.45, 7) is 3.51. The van der Waals surface area contributed by atoms with Crippen molar-refractivity contribution in [2.24, 2.45) is 0 Å². The van der Waals surface area contributed by atoms with Crippen molar-refractivity contribution in [1.82, 2.24) is 4.90 Å². The van der Waals surface area contributed by atoms with Gasteiger partial charge in [0.2, 0.25) is 0 Å². The van der Waals surface area contributed by atoms with Gasteiger partial charge in [-0.25, -0.2) is 4.79 Å². The number of carbonyl (C=O) groups excluding carboxylic acids is 1. The first kappa shape index (κ1) is 12.7. The van der Waals surface area contributed by atoms with E-state index in [0.717, 1.165) is 37.2 Å². The van der Waals surface area contributed by atoms with Gasteiger partial charge in [-0.3, -0.25) is 0 Å². The van der Waals surface area contributed by atoms with E-state index in [9.17, 15) is 4.79 Å². The van der Waals surface area contributed by atoms with E-state index in [0.29, 0.717) is 0 Å². The second-order valence-corrected chi connectivity index (χ2v) is 4.49. The van der Waals surface area contributed by atoms with Gasteiger partial charge in [0.15, 0.2) is 0 Å². The first-order valence-electron chi connectivity index (χ1n) is 6.30. The molecule has 4 nitrogen and oxygen atoms in total. The predicted molar refractivity (Wildman–Crippen MR) is 68.7 cm³/mol. The molecular formula is C14H19NO3. The average Bonchev–Trinajstić information content (AvgIpc) is 2.92. The molecule has 1 aromatic rings. The molecule has 0 N–H and O–H groups in total. The first-order valence-corrected chi connectivity index (χ1v) is 6.30. The van der Waals surface area contributed by atoms with Crippen LogP contribution in [0.1, 0.15) is 31.4 Å². The lowest BCUT2D eigenvalue weighted by Crippen LogP contribution is -2.29. The highest BCUT2D eigenvalue weighted by atomic mass is 16.6. The van der Waals surface area contributed by atoms with Crippen molar-refractivity contribution in [3.8, 4) is 5.75 Å². The van der Waals surface area contributed by atoms with E-state index in [1.54, 1.807) is 12.0 Å². The number of methoxy groups -OCH3 is 1. The Morgan fingerprint density at radius 2 is 1.83 bits per heavy atom. The fourth-order valence-electron chi connectivity index (χ4n) is 2.07. The van der Waals surface area contributed by atoms with Crippen LogP contribution < -0.4 is 4.74 Å². The minimum absolute atomic E-state index is 0.212. The summed E-state index contributed by atoms with van der Waals surface area (Å²) in [6.07, 6.45) is 1.71. The van der Waals surface area contributed by atoms with Crippen LogP contribution in [0.2, 0.25) is 0 Å². The SMILES string of the molecule is COc1ccc(C(C)OC(=O)N2CCCC2)cc1. The van der Waals surface area contributed by atoms with Gasteiger partial charge in [0.25, 0.3) is 0 Å². The van der Waals surface area contributed by atoms with Crippen LogP contribution in [-0.2, 0) is 4.74 Å². The average molecular weight is 249 g/mol. The molecule has 0 bridgehead atoms. The number of benzene rings is 1. The smallest absolute Gasteiger partial charge is 0.410 e. The lowest BCUT2D eigenvalue weighted by molar-refractivity contribution is 0.0761. The summed E-state index contributed by atoms with van der Waals surface area (Å²) in [6, 6.07) is 7.58. The second-order valence-electron chi connectivity index (χ2n) is 4.49. The van der Waals surface area contributed by atoms with Crippen LogP contribution in [0.15, 0.2) is 24.3 Å². The summed E-state index contributed by atoms with van der Waals surface area (Å²) < 4.78 is 10.5. The Morgan fingerprint density at radius 1 is 1.22 bits per heavy atom. The van der Waals surface area contributed by atoms with E-state index in [-0.39, 0.29) is 12.2 Å². The third-order valence-corrected chi connectivity index (χ3v) is 3.23. The van der Waals surface area contributed by atoms with Gasteiger partial charge in [0.1, 0.15) is 11.9 Å². The van der Waals surface area contributed by atoms with Gasteiger partial charge in [-0.2, -0.15) is 0 Å². The Bertz CT molecular complexity index is 396. The number of carbonyl (C=O) groups is 1. The van der Waals surface area contributed by atoms with Gasteiger partial charge in [-0.1, -0.05) is 12.1 Å². The Morgan fingerprint density at radius 3 is 2.39 bits per heavy atom. The number of hydrogen-bond acceptors (Lipinski definition) is 3. The number of rotatable bonds is 3. The van der Waals surface area contributed by atoms with Crippen LogP contribution in [0.5, 0.6) is 5.75 Å². The van der Waals surface area contributed by atoms with Gasteiger partial charge < -0.3 is 14.4 Å². The van der Waals surface area contributed by atoms with Crippen LogP contribution in [-0.4, -0.2) is 31.2 Å². The predicted octanol–water partition coefficient (Wildman–Crippen LogP) is 2.99.